The SMILES string of the molecule is CCNC(=NCc1cccc(-c2ncn[nH]2)c1)N(C)Cc1ccc2c(c1)OCCO2. The predicted molar refractivity (Wildman–Crippen MR) is 116 cm³/mol. The second-order valence-electron chi connectivity index (χ2n) is 7.04. The fourth-order valence-electron chi connectivity index (χ4n) is 3.33. The second-order valence-corrected chi connectivity index (χ2v) is 7.04. The van der Waals surface area contributed by atoms with Gasteiger partial charge < -0.3 is 19.7 Å². The van der Waals surface area contributed by atoms with E-state index in [9.17, 15) is 0 Å². The third-order valence-electron chi connectivity index (χ3n) is 4.75. The molecule has 0 fully saturated rings. The van der Waals surface area contributed by atoms with Crippen LogP contribution in [0.1, 0.15) is 18.1 Å². The minimum Gasteiger partial charge on any atom is -0.486 e. The summed E-state index contributed by atoms with van der Waals surface area (Å²) in [7, 11) is 2.03. The Kier molecular flexibility index (Phi) is 6.12. The summed E-state index contributed by atoms with van der Waals surface area (Å²) in [5.41, 5.74) is 3.24. The molecular weight excluding hydrogens is 380 g/mol. The molecule has 1 aromatic heterocycles. The molecule has 2 N–H and O–H groups in total. The first-order valence-corrected chi connectivity index (χ1v) is 10.1. The van der Waals surface area contributed by atoms with Crippen molar-refractivity contribution in [1.82, 2.24) is 25.4 Å². The molecule has 4 rings (SSSR count). The van der Waals surface area contributed by atoms with Crippen LogP contribution < -0.4 is 14.8 Å². The summed E-state index contributed by atoms with van der Waals surface area (Å²) < 4.78 is 11.3. The van der Waals surface area contributed by atoms with Gasteiger partial charge in [0.15, 0.2) is 23.3 Å². The van der Waals surface area contributed by atoms with Crippen molar-refractivity contribution in [2.75, 3.05) is 26.8 Å². The smallest absolute Gasteiger partial charge is 0.194 e. The Morgan fingerprint density at radius 1 is 1.13 bits per heavy atom. The summed E-state index contributed by atoms with van der Waals surface area (Å²) in [5.74, 6) is 3.21. The summed E-state index contributed by atoms with van der Waals surface area (Å²) in [5, 5.41) is 10.2. The molecule has 3 aromatic rings. The predicted octanol–water partition coefficient (Wildman–Crippen LogP) is 2.84. The molecule has 0 radical (unpaired) electrons. The van der Waals surface area contributed by atoms with E-state index < -0.39 is 0 Å². The number of aliphatic imine (C=N–C) groups is 1. The lowest BCUT2D eigenvalue weighted by molar-refractivity contribution is 0.171. The van der Waals surface area contributed by atoms with E-state index in [0.29, 0.717) is 26.3 Å². The number of hydrogen-bond acceptors (Lipinski definition) is 5. The van der Waals surface area contributed by atoms with Crippen molar-refractivity contribution in [3.8, 4) is 22.9 Å². The molecule has 1 aliphatic heterocycles. The number of aromatic amines is 1. The average molecular weight is 406 g/mol. The van der Waals surface area contributed by atoms with E-state index in [1.807, 2.05) is 31.3 Å². The van der Waals surface area contributed by atoms with Crippen LogP contribution in [0.15, 0.2) is 53.8 Å². The van der Waals surface area contributed by atoms with Crippen LogP contribution in [-0.2, 0) is 13.1 Å². The zero-order valence-electron chi connectivity index (χ0n) is 17.3. The van der Waals surface area contributed by atoms with Crippen molar-refractivity contribution in [2.24, 2.45) is 4.99 Å². The number of nitrogens with zero attached hydrogens (tertiary/aromatic N) is 4. The van der Waals surface area contributed by atoms with Crippen molar-refractivity contribution < 1.29 is 9.47 Å². The highest BCUT2D eigenvalue weighted by Crippen LogP contribution is 2.31. The van der Waals surface area contributed by atoms with Gasteiger partial charge in [0, 0.05) is 25.7 Å². The van der Waals surface area contributed by atoms with Gasteiger partial charge in [-0.3, -0.25) is 5.10 Å². The minimum absolute atomic E-state index is 0.565. The Bertz CT molecular complexity index is 1000. The van der Waals surface area contributed by atoms with Gasteiger partial charge in [-0.25, -0.2) is 9.98 Å². The molecule has 0 saturated carbocycles. The molecule has 0 spiro atoms. The third kappa shape index (κ3) is 4.71. The molecule has 0 unspecified atom stereocenters. The van der Waals surface area contributed by atoms with Crippen LogP contribution in [0.5, 0.6) is 11.5 Å². The molecule has 2 aromatic carbocycles. The molecule has 30 heavy (non-hydrogen) atoms. The molecule has 8 heteroatoms. The maximum Gasteiger partial charge on any atom is 0.194 e. The number of hydrogen-bond donors (Lipinski definition) is 2. The highest BCUT2D eigenvalue weighted by molar-refractivity contribution is 5.79. The number of fused-ring (bicyclic) bond motifs is 1. The van der Waals surface area contributed by atoms with Crippen LogP contribution in [0.2, 0.25) is 0 Å². The van der Waals surface area contributed by atoms with Gasteiger partial charge in [-0.2, -0.15) is 5.10 Å². The van der Waals surface area contributed by atoms with Gasteiger partial charge in [-0.15, -0.1) is 0 Å². The summed E-state index contributed by atoms with van der Waals surface area (Å²) in [6, 6.07) is 14.2. The molecule has 0 bridgehead atoms. The largest absolute Gasteiger partial charge is 0.486 e. The highest BCUT2D eigenvalue weighted by atomic mass is 16.6. The van der Waals surface area contributed by atoms with Gasteiger partial charge >= 0.3 is 0 Å². The summed E-state index contributed by atoms with van der Waals surface area (Å²) in [6.45, 7) is 5.32. The normalized spacial score (nSPS) is 13.2. The molecule has 1 aliphatic rings. The summed E-state index contributed by atoms with van der Waals surface area (Å²) >= 11 is 0. The van der Waals surface area contributed by atoms with Crippen molar-refractivity contribution in [3.05, 3.63) is 59.9 Å². The molecule has 8 nitrogen and oxygen atoms in total. The zero-order valence-corrected chi connectivity index (χ0v) is 17.3. The first kappa shape index (κ1) is 19.8. The highest BCUT2D eigenvalue weighted by Gasteiger charge is 2.13. The zero-order chi connectivity index (χ0) is 20.8. The third-order valence-corrected chi connectivity index (χ3v) is 4.75. The number of benzene rings is 2. The molecule has 0 aliphatic carbocycles. The number of H-pyrrole nitrogens is 1. The molecule has 0 amide bonds. The Hall–Kier alpha value is -3.55. The Labute approximate surface area is 176 Å². The van der Waals surface area contributed by atoms with Crippen LogP contribution in [-0.4, -0.2) is 52.8 Å². The van der Waals surface area contributed by atoms with Crippen LogP contribution in [0.25, 0.3) is 11.4 Å². The number of nitrogens with one attached hydrogen (secondary N) is 2. The number of rotatable bonds is 6. The van der Waals surface area contributed by atoms with Crippen LogP contribution in [0.4, 0.5) is 0 Å². The van der Waals surface area contributed by atoms with Crippen molar-refractivity contribution in [1.29, 1.82) is 0 Å². The number of ether oxygens (including phenoxy) is 2. The second kappa shape index (κ2) is 9.30. The lowest BCUT2D eigenvalue weighted by Gasteiger charge is -2.24. The fourth-order valence-corrected chi connectivity index (χ4v) is 3.33. The van der Waals surface area contributed by atoms with Gasteiger partial charge in [-0.1, -0.05) is 24.3 Å². The van der Waals surface area contributed by atoms with Gasteiger partial charge in [0.2, 0.25) is 0 Å². The number of guanidine groups is 1. The summed E-state index contributed by atoms with van der Waals surface area (Å²) in [4.78, 5) is 11.1. The first-order chi connectivity index (χ1) is 14.7. The first-order valence-electron chi connectivity index (χ1n) is 10.1. The standard InChI is InChI=1S/C22H26N6O2/c1-3-23-22(24-13-16-5-4-6-18(11-16)21-25-15-26-27-21)28(2)14-17-7-8-19-20(12-17)30-10-9-29-19/h4-8,11-12,15H,3,9-10,13-14H2,1-2H3,(H,23,24)(H,25,26,27). The van der Waals surface area contributed by atoms with Crippen LogP contribution in [0.3, 0.4) is 0 Å². The van der Waals surface area contributed by atoms with E-state index >= 15 is 0 Å². The lowest BCUT2D eigenvalue weighted by Crippen LogP contribution is -2.38. The van der Waals surface area contributed by atoms with E-state index in [-0.39, 0.29) is 0 Å². The van der Waals surface area contributed by atoms with Crippen LogP contribution in [0, 0.1) is 0 Å². The van der Waals surface area contributed by atoms with Gasteiger partial charge in [0.05, 0.1) is 6.54 Å². The molecule has 156 valence electrons. The van der Waals surface area contributed by atoms with Gasteiger partial charge in [0.25, 0.3) is 0 Å². The molecule has 2 heterocycles. The van der Waals surface area contributed by atoms with E-state index in [1.165, 1.54) is 6.33 Å². The maximum atomic E-state index is 5.70. The Morgan fingerprint density at radius 2 is 2.00 bits per heavy atom. The fraction of sp³-hybridized carbons (Fsp3) is 0.318. The van der Waals surface area contributed by atoms with Crippen molar-refractivity contribution in [3.63, 3.8) is 0 Å². The molecular formula is C22H26N6O2. The quantitative estimate of drug-likeness (QED) is 0.484. The summed E-state index contributed by atoms with van der Waals surface area (Å²) in [6.07, 6.45) is 1.51. The van der Waals surface area contributed by atoms with Gasteiger partial charge in [0.1, 0.15) is 19.5 Å². The van der Waals surface area contributed by atoms with E-state index in [0.717, 1.165) is 46.5 Å². The van der Waals surface area contributed by atoms with Crippen molar-refractivity contribution >= 4 is 5.96 Å². The average Bonchev–Trinajstić information content (AvgIpc) is 3.32. The molecule has 0 atom stereocenters. The minimum atomic E-state index is 0.565. The monoisotopic (exact) mass is 406 g/mol. The Balaban J connectivity index is 1.46. The maximum absolute atomic E-state index is 5.70. The Morgan fingerprint density at radius 3 is 2.80 bits per heavy atom. The molecule has 0 saturated heterocycles. The van der Waals surface area contributed by atoms with Crippen molar-refractivity contribution in [2.45, 2.75) is 20.0 Å². The van der Waals surface area contributed by atoms with Gasteiger partial charge in [-0.05, 0) is 36.2 Å². The van der Waals surface area contributed by atoms with E-state index in [4.69, 9.17) is 14.5 Å². The lowest BCUT2D eigenvalue weighted by atomic mass is 10.1. The van der Waals surface area contributed by atoms with E-state index in [2.05, 4.69) is 50.5 Å². The van der Waals surface area contributed by atoms with Crippen LogP contribution >= 0.6 is 0 Å². The van der Waals surface area contributed by atoms with E-state index in [1.54, 1.807) is 0 Å². The number of aromatic nitrogens is 3. The topological polar surface area (TPSA) is 87.7 Å².